The predicted molar refractivity (Wildman–Crippen MR) is 104 cm³/mol. The van der Waals surface area contributed by atoms with Crippen LogP contribution in [-0.4, -0.2) is 45.5 Å². The number of carbonyl (C=O) groups excluding carboxylic acids is 2. The van der Waals surface area contributed by atoms with Crippen LogP contribution in [0, 0.1) is 17.5 Å². The Morgan fingerprint density at radius 3 is 2.50 bits per heavy atom. The molecule has 2 aromatic rings. The van der Waals surface area contributed by atoms with E-state index in [0.29, 0.717) is 25.0 Å². The van der Waals surface area contributed by atoms with Crippen molar-refractivity contribution in [1.29, 1.82) is 0 Å². The molecule has 1 saturated heterocycles. The molecular formula is C21H20F6N4O3. The third-order valence-corrected chi connectivity index (χ3v) is 6.15. The maximum atomic E-state index is 13.9. The van der Waals surface area contributed by atoms with Crippen LogP contribution >= 0.6 is 0 Å². The first kappa shape index (κ1) is 24.0. The van der Waals surface area contributed by atoms with E-state index in [1.165, 1.54) is 4.90 Å². The number of halogens is 6. The highest BCUT2D eigenvalue weighted by molar-refractivity contribution is 5.89. The Kier molecular flexibility index (Phi) is 6.08. The Balaban J connectivity index is 1.58. The Labute approximate surface area is 189 Å². The maximum absolute atomic E-state index is 13.9. The first-order valence-electron chi connectivity index (χ1n) is 10.4. The van der Waals surface area contributed by atoms with Crippen LogP contribution in [0.1, 0.15) is 52.9 Å². The predicted octanol–water partition coefficient (Wildman–Crippen LogP) is 3.11. The van der Waals surface area contributed by atoms with Crippen molar-refractivity contribution in [3.8, 4) is 0 Å². The molecule has 184 valence electrons. The number of fused-ring (bicyclic) bond motifs is 4. The molecule has 3 unspecified atom stereocenters. The van der Waals surface area contributed by atoms with E-state index in [2.05, 4.69) is 9.72 Å². The molecule has 1 aromatic heterocycles. The monoisotopic (exact) mass is 490 g/mol. The van der Waals surface area contributed by atoms with Gasteiger partial charge in [-0.3, -0.25) is 4.79 Å². The zero-order chi connectivity index (χ0) is 24.9. The number of imidazole rings is 1. The van der Waals surface area contributed by atoms with Crippen LogP contribution in [0.15, 0.2) is 12.1 Å². The van der Waals surface area contributed by atoms with Crippen LogP contribution in [0.4, 0.5) is 26.3 Å². The molecule has 2 bridgehead atoms. The lowest BCUT2D eigenvalue weighted by Gasteiger charge is -2.37. The Morgan fingerprint density at radius 2 is 1.85 bits per heavy atom. The molecule has 1 fully saturated rings. The van der Waals surface area contributed by atoms with Crippen molar-refractivity contribution in [2.75, 3.05) is 7.11 Å². The number of hydrogen-bond acceptors (Lipinski definition) is 5. The third kappa shape index (κ3) is 4.12. The summed E-state index contributed by atoms with van der Waals surface area (Å²) in [5, 5.41) is 0. The van der Waals surface area contributed by atoms with E-state index in [1.807, 2.05) is 0 Å². The maximum Gasteiger partial charge on any atom is 0.449 e. The second-order valence-corrected chi connectivity index (χ2v) is 8.34. The molecule has 3 atom stereocenters. The van der Waals surface area contributed by atoms with Crippen LogP contribution in [0.3, 0.4) is 0 Å². The number of rotatable bonds is 5. The highest BCUT2D eigenvalue weighted by Gasteiger charge is 2.50. The summed E-state index contributed by atoms with van der Waals surface area (Å²) in [7, 11) is 1.01. The number of nitrogens with zero attached hydrogens (tertiary/aromatic N) is 3. The van der Waals surface area contributed by atoms with Crippen molar-refractivity contribution >= 4 is 11.9 Å². The number of esters is 1. The first-order chi connectivity index (χ1) is 15.9. The smallest absolute Gasteiger partial charge is 0.449 e. The fourth-order valence-electron chi connectivity index (χ4n) is 4.77. The summed E-state index contributed by atoms with van der Waals surface area (Å²) in [5.41, 5.74) is 5.20. The van der Waals surface area contributed by atoms with Crippen LogP contribution < -0.4 is 5.73 Å². The molecule has 1 amide bonds. The molecule has 4 rings (SSSR count). The van der Waals surface area contributed by atoms with Crippen LogP contribution in [-0.2, 0) is 28.7 Å². The van der Waals surface area contributed by atoms with Crippen molar-refractivity contribution < 1.29 is 40.7 Å². The summed E-state index contributed by atoms with van der Waals surface area (Å²) in [6.45, 7) is -0.219. The van der Waals surface area contributed by atoms with Gasteiger partial charge in [-0.05, 0) is 30.9 Å². The molecule has 13 heteroatoms. The number of carbonyl (C=O) groups is 2. The number of ether oxygens (including phenoxy) is 1. The second kappa shape index (κ2) is 8.60. The van der Waals surface area contributed by atoms with Gasteiger partial charge in [0.25, 0.3) is 0 Å². The Morgan fingerprint density at radius 1 is 1.18 bits per heavy atom. The molecule has 7 nitrogen and oxygen atoms in total. The van der Waals surface area contributed by atoms with Gasteiger partial charge in [0, 0.05) is 25.1 Å². The molecule has 1 aromatic carbocycles. The molecule has 0 spiro atoms. The van der Waals surface area contributed by atoms with Crippen LogP contribution in [0.2, 0.25) is 0 Å². The molecule has 34 heavy (non-hydrogen) atoms. The molecule has 0 aliphatic carbocycles. The highest BCUT2D eigenvalue weighted by atomic mass is 19.4. The topological polar surface area (TPSA) is 90.5 Å². The molecule has 0 saturated carbocycles. The van der Waals surface area contributed by atoms with Crippen LogP contribution in [0.25, 0.3) is 0 Å². The minimum Gasteiger partial charge on any atom is -0.464 e. The number of amides is 1. The van der Waals surface area contributed by atoms with Gasteiger partial charge in [-0.15, -0.1) is 0 Å². The average molecular weight is 490 g/mol. The van der Waals surface area contributed by atoms with E-state index >= 15 is 0 Å². The van der Waals surface area contributed by atoms with Crippen molar-refractivity contribution in [3.05, 3.63) is 52.4 Å². The Bertz CT molecular complexity index is 1150. The number of alkyl halides is 3. The molecule has 3 heterocycles. The standard InChI is InChI=1S/C21H20F6N4O3/c1-34-19(33)17-18-15-3-2-11(8-30(18)20(29-17)21(25,26)27)31(15)16(32)6-10(28)4-9-5-13(23)14(24)7-12(9)22/h5,7,10-11,15H,2-4,6,8,28H2,1H3. The van der Waals surface area contributed by atoms with Gasteiger partial charge < -0.3 is 19.9 Å². The number of nitrogens with two attached hydrogens (primary N) is 1. The van der Waals surface area contributed by atoms with E-state index in [4.69, 9.17) is 5.73 Å². The lowest BCUT2D eigenvalue weighted by molar-refractivity contribution is -0.148. The largest absolute Gasteiger partial charge is 0.464 e. The summed E-state index contributed by atoms with van der Waals surface area (Å²) < 4.78 is 86.6. The van der Waals surface area contributed by atoms with Crippen molar-refractivity contribution in [3.63, 3.8) is 0 Å². The second-order valence-electron chi connectivity index (χ2n) is 8.34. The lowest BCUT2D eigenvalue weighted by atomic mass is 10.0. The fraction of sp³-hybridized carbons (Fsp3) is 0.476. The van der Waals surface area contributed by atoms with E-state index in [1.54, 1.807) is 0 Å². The fourth-order valence-corrected chi connectivity index (χ4v) is 4.77. The van der Waals surface area contributed by atoms with E-state index < -0.39 is 65.1 Å². The van der Waals surface area contributed by atoms with E-state index in [0.717, 1.165) is 11.7 Å². The number of hydrogen-bond donors (Lipinski definition) is 1. The quantitative estimate of drug-likeness (QED) is 0.395. The zero-order valence-electron chi connectivity index (χ0n) is 17.8. The van der Waals surface area contributed by atoms with Gasteiger partial charge in [0.1, 0.15) is 5.82 Å². The third-order valence-electron chi connectivity index (χ3n) is 6.15. The van der Waals surface area contributed by atoms with E-state index in [-0.39, 0.29) is 30.6 Å². The summed E-state index contributed by atoms with van der Waals surface area (Å²) in [5.74, 6) is -6.43. The van der Waals surface area contributed by atoms with Gasteiger partial charge in [0.2, 0.25) is 11.7 Å². The summed E-state index contributed by atoms with van der Waals surface area (Å²) in [6, 6.07) is -1.35. The summed E-state index contributed by atoms with van der Waals surface area (Å²) in [4.78, 5) is 30.1. The number of benzene rings is 1. The van der Waals surface area contributed by atoms with Gasteiger partial charge in [0.15, 0.2) is 17.3 Å². The SMILES string of the molecule is COC(=O)c1nc(C(F)(F)F)n2c1C1CCC(C2)N1C(=O)CC(N)Cc1cc(F)c(F)cc1F. The molecule has 2 aliphatic heterocycles. The summed E-state index contributed by atoms with van der Waals surface area (Å²) in [6.07, 6.45) is -4.70. The molecule has 2 N–H and O–H groups in total. The van der Waals surface area contributed by atoms with Gasteiger partial charge in [-0.1, -0.05) is 0 Å². The highest BCUT2D eigenvalue weighted by Crippen LogP contribution is 2.45. The van der Waals surface area contributed by atoms with E-state index in [9.17, 15) is 35.9 Å². The van der Waals surface area contributed by atoms with Crippen LogP contribution in [0.5, 0.6) is 0 Å². The number of aromatic nitrogens is 2. The average Bonchev–Trinajstić information content (AvgIpc) is 3.29. The van der Waals surface area contributed by atoms with Gasteiger partial charge in [-0.2, -0.15) is 13.2 Å². The molecule has 2 aliphatic rings. The van der Waals surface area contributed by atoms with Gasteiger partial charge in [0.05, 0.1) is 24.9 Å². The minimum absolute atomic E-state index is 0.0542. The lowest BCUT2D eigenvalue weighted by Crippen LogP contribution is -2.46. The Hall–Kier alpha value is -3.09. The molecular weight excluding hydrogens is 470 g/mol. The summed E-state index contributed by atoms with van der Waals surface area (Å²) >= 11 is 0. The minimum atomic E-state index is -4.82. The van der Waals surface area contributed by atoms with Gasteiger partial charge in [-0.25, -0.2) is 22.9 Å². The first-order valence-corrected chi connectivity index (χ1v) is 10.4. The van der Waals surface area contributed by atoms with Crippen molar-refractivity contribution in [1.82, 2.24) is 14.5 Å². The normalized spacial score (nSPS) is 20.3. The van der Waals surface area contributed by atoms with Gasteiger partial charge >= 0.3 is 12.1 Å². The molecule has 0 radical (unpaired) electrons. The number of methoxy groups -OCH3 is 1. The van der Waals surface area contributed by atoms with Crippen molar-refractivity contribution in [2.24, 2.45) is 5.73 Å². The zero-order valence-corrected chi connectivity index (χ0v) is 17.8. The van der Waals surface area contributed by atoms with Crippen molar-refractivity contribution in [2.45, 2.75) is 56.5 Å².